The summed E-state index contributed by atoms with van der Waals surface area (Å²) in [5.41, 5.74) is 0. The summed E-state index contributed by atoms with van der Waals surface area (Å²) in [7, 11) is 1.58. The largest absolute Gasteiger partial charge is 0.388 e. The van der Waals surface area contributed by atoms with Gasteiger partial charge in [0.15, 0.2) is 0 Å². The lowest BCUT2D eigenvalue weighted by Gasteiger charge is -2.24. The van der Waals surface area contributed by atoms with Crippen molar-refractivity contribution in [1.29, 1.82) is 0 Å². The number of carbonyl (C=O) groups is 1. The predicted molar refractivity (Wildman–Crippen MR) is 75.7 cm³/mol. The van der Waals surface area contributed by atoms with Crippen LogP contribution < -0.4 is 10.6 Å². The fourth-order valence-electron chi connectivity index (χ4n) is 2.19. The zero-order valence-corrected chi connectivity index (χ0v) is 12.6. The molecule has 1 rings (SSSR count). The standard InChI is InChI=1S/C13H27N3O4/c1-4-16(5-2)8-11-12(17)10(9-20-11)15-13(18)14-6-7-19-3/h10-12,17H,4-9H2,1-3H3,(H2,14,15,18)/t10?,11-,12+/m0/s1. The van der Waals surface area contributed by atoms with Crippen LogP contribution in [0.2, 0.25) is 0 Å². The van der Waals surface area contributed by atoms with Gasteiger partial charge in [0.1, 0.15) is 6.10 Å². The molecule has 0 spiro atoms. The fourth-order valence-corrected chi connectivity index (χ4v) is 2.19. The van der Waals surface area contributed by atoms with E-state index in [1.165, 1.54) is 0 Å². The molecular formula is C13H27N3O4. The normalized spacial score (nSPS) is 25.9. The summed E-state index contributed by atoms with van der Waals surface area (Å²) < 4.78 is 10.4. The number of rotatable bonds is 8. The number of ether oxygens (including phenoxy) is 2. The molecule has 0 radical (unpaired) electrons. The van der Waals surface area contributed by atoms with Crippen LogP contribution in [0.5, 0.6) is 0 Å². The minimum Gasteiger partial charge on any atom is -0.388 e. The molecule has 1 saturated heterocycles. The average molecular weight is 289 g/mol. The van der Waals surface area contributed by atoms with Gasteiger partial charge in [-0.25, -0.2) is 4.79 Å². The van der Waals surface area contributed by atoms with E-state index in [0.29, 0.717) is 26.3 Å². The van der Waals surface area contributed by atoms with Crippen LogP contribution in [0.1, 0.15) is 13.8 Å². The maximum atomic E-state index is 11.6. The molecule has 20 heavy (non-hydrogen) atoms. The highest BCUT2D eigenvalue weighted by Gasteiger charge is 2.37. The number of amides is 2. The van der Waals surface area contributed by atoms with Gasteiger partial charge in [-0.15, -0.1) is 0 Å². The first-order valence-electron chi connectivity index (χ1n) is 7.17. The zero-order valence-electron chi connectivity index (χ0n) is 12.6. The van der Waals surface area contributed by atoms with Crippen molar-refractivity contribution in [3.05, 3.63) is 0 Å². The monoisotopic (exact) mass is 289 g/mol. The smallest absolute Gasteiger partial charge is 0.315 e. The summed E-state index contributed by atoms with van der Waals surface area (Å²) in [5, 5.41) is 15.6. The van der Waals surface area contributed by atoms with E-state index in [2.05, 4.69) is 29.4 Å². The Labute approximate surface area is 120 Å². The van der Waals surface area contributed by atoms with Crippen LogP contribution in [0.25, 0.3) is 0 Å². The molecule has 1 heterocycles. The van der Waals surface area contributed by atoms with Crippen LogP contribution in [0.4, 0.5) is 4.79 Å². The fraction of sp³-hybridized carbons (Fsp3) is 0.923. The van der Waals surface area contributed by atoms with Crippen molar-refractivity contribution >= 4 is 6.03 Å². The van der Waals surface area contributed by atoms with Crippen LogP contribution >= 0.6 is 0 Å². The molecule has 2 amide bonds. The van der Waals surface area contributed by atoms with Crippen molar-refractivity contribution in [1.82, 2.24) is 15.5 Å². The maximum absolute atomic E-state index is 11.6. The molecule has 118 valence electrons. The predicted octanol–water partition coefficient (Wildman–Crippen LogP) is -0.598. The third-order valence-corrected chi connectivity index (χ3v) is 3.52. The van der Waals surface area contributed by atoms with Gasteiger partial charge in [-0.05, 0) is 13.1 Å². The minimum atomic E-state index is -0.677. The van der Waals surface area contributed by atoms with E-state index in [9.17, 15) is 9.90 Å². The number of urea groups is 1. The number of aliphatic hydroxyl groups is 1. The van der Waals surface area contributed by atoms with Gasteiger partial charge in [-0.2, -0.15) is 0 Å². The first kappa shape index (κ1) is 17.2. The summed E-state index contributed by atoms with van der Waals surface area (Å²) in [6.45, 7) is 7.89. The molecule has 1 aliphatic rings. The Bertz CT molecular complexity index is 287. The molecule has 3 N–H and O–H groups in total. The van der Waals surface area contributed by atoms with E-state index in [1.54, 1.807) is 7.11 Å². The Morgan fingerprint density at radius 1 is 1.45 bits per heavy atom. The second-order valence-corrected chi connectivity index (χ2v) is 4.85. The molecule has 1 fully saturated rings. The molecule has 7 nitrogen and oxygen atoms in total. The molecule has 7 heteroatoms. The molecule has 0 aliphatic carbocycles. The molecular weight excluding hydrogens is 262 g/mol. The maximum Gasteiger partial charge on any atom is 0.315 e. The van der Waals surface area contributed by atoms with Crippen molar-refractivity contribution in [2.75, 3.05) is 46.5 Å². The quantitative estimate of drug-likeness (QED) is 0.520. The van der Waals surface area contributed by atoms with Gasteiger partial charge in [0, 0.05) is 20.2 Å². The van der Waals surface area contributed by atoms with E-state index in [0.717, 1.165) is 13.1 Å². The van der Waals surface area contributed by atoms with Gasteiger partial charge in [-0.3, -0.25) is 0 Å². The van der Waals surface area contributed by atoms with Gasteiger partial charge < -0.3 is 30.1 Å². The Hall–Kier alpha value is -0.890. The van der Waals surface area contributed by atoms with Crippen molar-refractivity contribution in [3.8, 4) is 0 Å². The molecule has 1 aliphatic heterocycles. The van der Waals surface area contributed by atoms with E-state index in [1.807, 2.05) is 0 Å². The van der Waals surface area contributed by atoms with Crippen LogP contribution in [-0.2, 0) is 9.47 Å². The van der Waals surface area contributed by atoms with Gasteiger partial charge in [-0.1, -0.05) is 13.8 Å². The highest BCUT2D eigenvalue weighted by Crippen LogP contribution is 2.15. The van der Waals surface area contributed by atoms with Crippen LogP contribution in [-0.4, -0.2) is 80.8 Å². The lowest BCUT2D eigenvalue weighted by atomic mass is 10.1. The van der Waals surface area contributed by atoms with Crippen LogP contribution in [0.15, 0.2) is 0 Å². The summed E-state index contributed by atoms with van der Waals surface area (Å²) in [4.78, 5) is 13.8. The average Bonchev–Trinajstić information content (AvgIpc) is 2.77. The molecule has 0 saturated carbocycles. The lowest BCUT2D eigenvalue weighted by Crippen LogP contribution is -2.50. The SMILES string of the molecule is CCN(CC)C[C@@H]1OCC(NC(=O)NCCOC)[C@H]1O. The number of nitrogens with zero attached hydrogens (tertiary/aromatic N) is 1. The number of hydrogen-bond acceptors (Lipinski definition) is 5. The summed E-state index contributed by atoms with van der Waals surface area (Å²) in [6, 6.07) is -0.670. The van der Waals surface area contributed by atoms with E-state index in [-0.39, 0.29) is 18.2 Å². The summed E-state index contributed by atoms with van der Waals surface area (Å²) >= 11 is 0. The van der Waals surface area contributed by atoms with Crippen molar-refractivity contribution in [2.24, 2.45) is 0 Å². The second kappa shape index (κ2) is 9.12. The molecule has 0 aromatic rings. The summed E-state index contributed by atoms with van der Waals surface area (Å²) in [5.74, 6) is 0. The molecule has 0 aromatic carbocycles. The number of aliphatic hydroxyl groups excluding tert-OH is 1. The van der Waals surface area contributed by atoms with Crippen LogP contribution in [0, 0.1) is 0 Å². The van der Waals surface area contributed by atoms with E-state index < -0.39 is 6.10 Å². The second-order valence-electron chi connectivity index (χ2n) is 4.85. The molecule has 0 bridgehead atoms. The number of hydrogen-bond donors (Lipinski definition) is 3. The topological polar surface area (TPSA) is 83.1 Å². The van der Waals surface area contributed by atoms with Gasteiger partial charge in [0.2, 0.25) is 0 Å². The summed E-state index contributed by atoms with van der Waals surface area (Å²) in [6.07, 6.45) is -0.928. The molecule has 0 aromatic heterocycles. The number of methoxy groups -OCH3 is 1. The van der Waals surface area contributed by atoms with E-state index >= 15 is 0 Å². The first-order chi connectivity index (χ1) is 9.62. The number of likely N-dealkylation sites (N-methyl/N-ethyl adjacent to an activating group) is 1. The first-order valence-corrected chi connectivity index (χ1v) is 7.17. The number of carbonyl (C=O) groups excluding carboxylic acids is 1. The minimum absolute atomic E-state index is 0.251. The van der Waals surface area contributed by atoms with Gasteiger partial charge in [0.25, 0.3) is 0 Å². The van der Waals surface area contributed by atoms with Crippen molar-refractivity contribution in [3.63, 3.8) is 0 Å². The van der Waals surface area contributed by atoms with E-state index in [4.69, 9.17) is 9.47 Å². The third-order valence-electron chi connectivity index (χ3n) is 3.52. The Morgan fingerprint density at radius 3 is 2.75 bits per heavy atom. The molecule has 3 atom stereocenters. The third kappa shape index (κ3) is 5.24. The van der Waals surface area contributed by atoms with Gasteiger partial charge >= 0.3 is 6.03 Å². The molecule has 1 unspecified atom stereocenters. The van der Waals surface area contributed by atoms with Crippen molar-refractivity contribution < 1.29 is 19.4 Å². The van der Waals surface area contributed by atoms with Crippen molar-refractivity contribution in [2.45, 2.75) is 32.1 Å². The Balaban J connectivity index is 2.33. The lowest BCUT2D eigenvalue weighted by molar-refractivity contribution is 0.0173. The Morgan fingerprint density at radius 2 is 2.15 bits per heavy atom. The zero-order chi connectivity index (χ0) is 15.0. The van der Waals surface area contributed by atoms with Crippen LogP contribution in [0.3, 0.4) is 0 Å². The highest BCUT2D eigenvalue weighted by molar-refractivity contribution is 5.74. The Kier molecular flexibility index (Phi) is 7.83. The number of nitrogens with one attached hydrogen (secondary N) is 2. The van der Waals surface area contributed by atoms with Gasteiger partial charge in [0.05, 0.1) is 25.4 Å². The highest BCUT2D eigenvalue weighted by atomic mass is 16.5.